The highest BCUT2D eigenvalue weighted by atomic mass is 32.2. The van der Waals surface area contributed by atoms with Gasteiger partial charge in [0.15, 0.2) is 9.84 Å². The molecule has 1 aliphatic heterocycles. The molecule has 4 heteroatoms. The number of thiol groups is 1. The van der Waals surface area contributed by atoms with Gasteiger partial charge in [-0.2, -0.15) is 12.6 Å². The van der Waals surface area contributed by atoms with Crippen LogP contribution in [0.3, 0.4) is 0 Å². The number of sulfone groups is 1. The second kappa shape index (κ2) is 1.92. The van der Waals surface area contributed by atoms with E-state index in [1.807, 2.05) is 0 Å². The molecule has 0 aromatic rings. The highest BCUT2D eigenvalue weighted by Crippen LogP contribution is 2.15. The van der Waals surface area contributed by atoms with Gasteiger partial charge in [0.2, 0.25) is 0 Å². The third-order valence-electron chi connectivity index (χ3n) is 1.21. The lowest BCUT2D eigenvalue weighted by molar-refractivity contribution is 0.602. The smallest absolute Gasteiger partial charge is 0.151 e. The molecule has 8 heavy (non-hydrogen) atoms. The molecule has 1 heterocycles. The van der Waals surface area contributed by atoms with E-state index in [-0.39, 0.29) is 11.0 Å². The molecule has 0 bridgehead atoms. The Bertz CT molecular complexity index is 170. The fourth-order valence-corrected chi connectivity index (χ4v) is 3.32. The van der Waals surface area contributed by atoms with Crippen LogP contribution in [0, 0.1) is 0 Å². The second-order valence-electron chi connectivity index (χ2n) is 2.06. The van der Waals surface area contributed by atoms with Crippen LogP contribution in [0.5, 0.6) is 0 Å². The molecular weight excluding hydrogens is 144 g/mol. The molecule has 0 N–H and O–H groups in total. The van der Waals surface area contributed by atoms with Crippen molar-refractivity contribution in [3.05, 3.63) is 0 Å². The van der Waals surface area contributed by atoms with Crippen molar-refractivity contribution < 1.29 is 8.42 Å². The van der Waals surface area contributed by atoms with Crippen LogP contribution in [0.2, 0.25) is 0 Å². The van der Waals surface area contributed by atoms with Gasteiger partial charge in [-0.25, -0.2) is 8.42 Å². The Hall–Kier alpha value is 0.300. The summed E-state index contributed by atoms with van der Waals surface area (Å²) in [6, 6.07) is 0. The summed E-state index contributed by atoms with van der Waals surface area (Å²) >= 11 is 4.03. The number of hydrogen-bond donors (Lipinski definition) is 1. The zero-order chi connectivity index (χ0) is 6.20. The van der Waals surface area contributed by atoms with Gasteiger partial charge in [0.25, 0.3) is 0 Å². The normalized spacial score (nSPS) is 35.4. The first-order chi connectivity index (χ1) is 3.60. The van der Waals surface area contributed by atoms with Crippen molar-refractivity contribution in [2.45, 2.75) is 11.7 Å². The van der Waals surface area contributed by atoms with Crippen molar-refractivity contribution >= 4 is 22.5 Å². The van der Waals surface area contributed by atoms with E-state index in [0.717, 1.165) is 6.42 Å². The van der Waals surface area contributed by atoms with E-state index < -0.39 is 9.84 Å². The maximum Gasteiger partial charge on any atom is 0.151 e. The summed E-state index contributed by atoms with van der Waals surface area (Å²) in [6.07, 6.45) is 0.728. The van der Waals surface area contributed by atoms with Gasteiger partial charge in [0.05, 0.1) is 11.5 Å². The summed E-state index contributed by atoms with van der Waals surface area (Å²) in [5.41, 5.74) is 0. The van der Waals surface area contributed by atoms with E-state index in [0.29, 0.717) is 5.75 Å². The first kappa shape index (κ1) is 6.42. The maximum atomic E-state index is 10.6. The van der Waals surface area contributed by atoms with Crippen LogP contribution >= 0.6 is 12.6 Å². The van der Waals surface area contributed by atoms with Crippen LogP contribution in [0.15, 0.2) is 0 Å². The van der Waals surface area contributed by atoms with Crippen molar-refractivity contribution in [2.24, 2.45) is 0 Å². The van der Waals surface area contributed by atoms with Gasteiger partial charge in [-0.1, -0.05) is 0 Å². The fraction of sp³-hybridized carbons (Fsp3) is 1.00. The number of rotatable bonds is 0. The minimum atomic E-state index is -2.67. The van der Waals surface area contributed by atoms with Crippen LogP contribution in [0.25, 0.3) is 0 Å². The van der Waals surface area contributed by atoms with Crippen molar-refractivity contribution in [1.82, 2.24) is 0 Å². The molecule has 48 valence electrons. The summed E-state index contributed by atoms with van der Waals surface area (Å²) in [5.74, 6) is 0.608. The van der Waals surface area contributed by atoms with E-state index in [1.54, 1.807) is 0 Å². The minimum Gasteiger partial charge on any atom is -0.229 e. The van der Waals surface area contributed by atoms with Gasteiger partial charge in [-0.15, -0.1) is 0 Å². The molecule has 1 saturated heterocycles. The van der Waals surface area contributed by atoms with E-state index in [4.69, 9.17) is 0 Å². The SMILES string of the molecule is O=S1(=O)CCC(S)C1. The molecule has 1 atom stereocenters. The van der Waals surface area contributed by atoms with Crippen LogP contribution in [0.4, 0.5) is 0 Å². The van der Waals surface area contributed by atoms with Gasteiger partial charge in [0.1, 0.15) is 0 Å². The van der Waals surface area contributed by atoms with E-state index in [2.05, 4.69) is 12.6 Å². The molecular formula is C4H8O2S2. The lowest BCUT2D eigenvalue weighted by Gasteiger charge is -1.89. The Balaban J connectivity index is 2.71. The predicted molar refractivity (Wildman–Crippen MR) is 36.0 cm³/mol. The molecule has 0 aromatic carbocycles. The molecule has 2 nitrogen and oxygen atoms in total. The van der Waals surface area contributed by atoms with Crippen molar-refractivity contribution in [1.29, 1.82) is 0 Å². The minimum absolute atomic E-state index is 0.0972. The average Bonchev–Trinajstić information content (AvgIpc) is 1.82. The summed E-state index contributed by atoms with van der Waals surface area (Å²) in [5, 5.41) is 0.0972. The monoisotopic (exact) mass is 152 g/mol. The zero-order valence-corrected chi connectivity index (χ0v) is 6.08. The largest absolute Gasteiger partial charge is 0.229 e. The summed E-state index contributed by atoms with van der Waals surface area (Å²) in [7, 11) is -2.67. The standard InChI is InChI=1S/C4H8O2S2/c5-8(6)2-1-4(7)3-8/h4,7H,1-3H2. The quantitative estimate of drug-likeness (QED) is 0.500. The van der Waals surface area contributed by atoms with Crippen LogP contribution in [-0.4, -0.2) is 25.2 Å². The molecule has 1 unspecified atom stereocenters. The highest BCUT2D eigenvalue weighted by Gasteiger charge is 2.24. The Labute approximate surface area is 54.6 Å². The molecule has 1 aliphatic rings. The zero-order valence-electron chi connectivity index (χ0n) is 4.37. The highest BCUT2D eigenvalue weighted by molar-refractivity contribution is 7.93. The maximum absolute atomic E-state index is 10.6. The average molecular weight is 152 g/mol. The van der Waals surface area contributed by atoms with Crippen LogP contribution in [0.1, 0.15) is 6.42 Å². The molecule has 1 rings (SSSR count). The lowest BCUT2D eigenvalue weighted by atomic mass is 10.4. The Morgan fingerprint density at radius 1 is 1.50 bits per heavy atom. The summed E-state index contributed by atoms with van der Waals surface area (Å²) in [6.45, 7) is 0. The predicted octanol–water partition coefficient (Wildman–Crippen LogP) is 0.103. The summed E-state index contributed by atoms with van der Waals surface area (Å²) < 4.78 is 21.2. The van der Waals surface area contributed by atoms with Gasteiger partial charge < -0.3 is 0 Å². The van der Waals surface area contributed by atoms with Crippen LogP contribution < -0.4 is 0 Å². The molecule has 0 saturated carbocycles. The topological polar surface area (TPSA) is 34.1 Å². The van der Waals surface area contributed by atoms with Gasteiger partial charge >= 0.3 is 0 Å². The van der Waals surface area contributed by atoms with E-state index >= 15 is 0 Å². The first-order valence-corrected chi connectivity index (χ1v) is 4.82. The van der Waals surface area contributed by atoms with Gasteiger partial charge in [-0.05, 0) is 6.42 Å². The Kier molecular flexibility index (Phi) is 1.54. The first-order valence-electron chi connectivity index (χ1n) is 2.49. The molecule has 0 amide bonds. The fourth-order valence-electron chi connectivity index (χ4n) is 0.775. The van der Waals surface area contributed by atoms with E-state index in [1.165, 1.54) is 0 Å². The van der Waals surface area contributed by atoms with Crippen molar-refractivity contribution in [3.63, 3.8) is 0 Å². The number of hydrogen-bond acceptors (Lipinski definition) is 3. The van der Waals surface area contributed by atoms with Crippen molar-refractivity contribution in [2.75, 3.05) is 11.5 Å². The van der Waals surface area contributed by atoms with Crippen LogP contribution in [-0.2, 0) is 9.84 Å². The van der Waals surface area contributed by atoms with Gasteiger partial charge in [-0.3, -0.25) is 0 Å². The molecule has 0 aliphatic carbocycles. The lowest BCUT2D eigenvalue weighted by Crippen LogP contribution is -2.03. The Morgan fingerprint density at radius 2 is 2.12 bits per heavy atom. The van der Waals surface area contributed by atoms with Gasteiger partial charge in [0, 0.05) is 5.25 Å². The van der Waals surface area contributed by atoms with Crippen molar-refractivity contribution in [3.8, 4) is 0 Å². The summed E-state index contributed by atoms with van der Waals surface area (Å²) in [4.78, 5) is 0. The molecule has 1 fully saturated rings. The molecule has 0 spiro atoms. The molecule has 0 radical (unpaired) electrons. The third kappa shape index (κ3) is 1.39. The third-order valence-corrected chi connectivity index (χ3v) is 3.66. The Morgan fingerprint density at radius 3 is 2.25 bits per heavy atom. The second-order valence-corrected chi connectivity index (χ2v) is 5.02. The van der Waals surface area contributed by atoms with E-state index in [9.17, 15) is 8.42 Å². The molecule has 0 aromatic heterocycles.